The highest BCUT2D eigenvalue weighted by Gasteiger charge is 2.09. The number of carbonyl (C=O) groups excluding carboxylic acids is 1. The van der Waals surface area contributed by atoms with Gasteiger partial charge < -0.3 is 5.32 Å². The van der Waals surface area contributed by atoms with E-state index in [9.17, 15) is 4.79 Å². The number of rotatable bonds is 8. The number of amides is 1. The van der Waals surface area contributed by atoms with Crippen LogP contribution in [0, 0.1) is 0 Å². The maximum Gasteiger partial charge on any atom is 0.252 e. The van der Waals surface area contributed by atoms with E-state index in [1.807, 2.05) is 24.3 Å². The van der Waals surface area contributed by atoms with Crippen LogP contribution in [0.25, 0.3) is 0 Å². The van der Waals surface area contributed by atoms with Crippen LogP contribution in [0.3, 0.4) is 0 Å². The van der Waals surface area contributed by atoms with Crippen molar-refractivity contribution in [2.75, 3.05) is 12.3 Å². The van der Waals surface area contributed by atoms with Crippen molar-refractivity contribution in [1.82, 2.24) is 5.32 Å². The van der Waals surface area contributed by atoms with Crippen LogP contribution in [-0.4, -0.2) is 18.2 Å². The summed E-state index contributed by atoms with van der Waals surface area (Å²) in [4.78, 5) is 13.1. The van der Waals surface area contributed by atoms with Crippen LogP contribution in [0.1, 0.15) is 49.9 Å². The maximum absolute atomic E-state index is 12.0. The largest absolute Gasteiger partial charge is 0.352 e. The van der Waals surface area contributed by atoms with E-state index in [4.69, 9.17) is 0 Å². The van der Waals surface area contributed by atoms with Gasteiger partial charge >= 0.3 is 0 Å². The predicted molar refractivity (Wildman–Crippen MR) is 79.3 cm³/mol. The minimum absolute atomic E-state index is 0.0584. The fourth-order valence-corrected chi connectivity index (χ4v) is 2.59. The zero-order valence-corrected chi connectivity index (χ0v) is 12.2. The zero-order valence-electron chi connectivity index (χ0n) is 11.4. The first-order valence-corrected chi connectivity index (χ1v) is 7.78. The van der Waals surface area contributed by atoms with Crippen molar-refractivity contribution in [2.24, 2.45) is 0 Å². The molecule has 0 spiro atoms. The van der Waals surface area contributed by atoms with Gasteiger partial charge in [-0.25, -0.2) is 0 Å². The van der Waals surface area contributed by atoms with Crippen molar-refractivity contribution in [1.29, 1.82) is 0 Å². The predicted octanol–water partition coefficient (Wildman–Crippen LogP) is 4.11. The molecule has 1 amide bonds. The Kier molecular flexibility index (Phi) is 7.58. The Morgan fingerprint density at radius 2 is 1.94 bits per heavy atom. The van der Waals surface area contributed by atoms with E-state index in [0.717, 1.165) is 29.2 Å². The molecule has 100 valence electrons. The molecule has 3 heteroatoms. The maximum atomic E-state index is 12.0. The molecule has 0 saturated heterocycles. The molecule has 18 heavy (non-hydrogen) atoms. The van der Waals surface area contributed by atoms with Gasteiger partial charge in [-0.1, -0.05) is 45.2 Å². The van der Waals surface area contributed by atoms with Crippen LogP contribution in [0.2, 0.25) is 0 Å². The normalized spacial score (nSPS) is 10.3. The molecule has 1 aromatic rings. The van der Waals surface area contributed by atoms with Crippen LogP contribution < -0.4 is 5.32 Å². The Bertz CT molecular complexity index is 365. The molecule has 0 aliphatic rings. The molecule has 0 atom stereocenters. The molecule has 0 aliphatic carbocycles. The number of nitrogens with one attached hydrogen (secondary N) is 1. The van der Waals surface area contributed by atoms with Gasteiger partial charge in [-0.05, 0) is 24.3 Å². The third kappa shape index (κ3) is 5.13. The summed E-state index contributed by atoms with van der Waals surface area (Å²) in [5.74, 6) is 1.05. The van der Waals surface area contributed by atoms with Gasteiger partial charge in [0.05, 0.1) is 5.56 Å². The van der Waals surface area contributed by atoms with Crippen LogP contribution in [-0.2, 0) is 0 Å². The zero-order chi connectivity index (χ0) is 13.2. The second-order valence-corrected chi connectivity index (χ2v) is 5.55. The van der Waals surface area contributed by atoms with Crippen LogP contribution >= 0.6 is 11.8 Å². The summed E-state index contributed by atoms with van der Waals surface area (Å²) in [7, 11) is 0. The third-order valence-electron chi connectivity index (χ3n) is 2.75. The Morgan fingerprint density at radius 3 is 2.67 bits per heavy atom. The first-order valence-electron chi connectivity index (χ1n) is 6.79. The van der Waals surface area contributed by atoms with Gasteiger partial charge in [0.2, 0.25) is 0 Å². The fourth-order valence-electron chi connectivity index (χ4n) is 1.78. The highest BCUT2D eigenvalue weighted by Crippen LogP contribution is 2.21. The van der Waals surface area contributed by atoms with E-state index >= 15 is 0 Å². The molecular formula is C15H23NOS. The second-order valence-electron chi connectivity index (χ2n) is 4.25. The number of thioether (sulfide) groups is 1. The van der Waals surface area contributed by atoms with Crippen molar-refractivity contribution in [2.45, 2.75) is 44.4 Å². The lowest BCUT2D eigenvalue weighted by molar-refractivity contribution is 0.0950. The average molecular weight is 265 g/mol. The lowest BCUT2D eigenvalue weighted by atomic mass is 10.2. The van der Waals surface area contributed by atoms with E-state index in [1.165, 1.54) is 19.3 Å². The molecule has 0 bridgehead atoms. The monoisotopic (exact) mass is 265 g/mol. The Balaban J connectivity index is 2.45. The van der Waals surface area contributed by atoms with E-state index < -0.39 is 0 Å². The lowest BCUT2D eigenvalue weighted by Crippen LogP contribution is -2.24. The highest BCUT2D eigenvalue weighted by atomic mass is 32.2. The molecule has 1 rings (SSSR count). The first kappa shape index (κ1) is 15.1. The number of hydrogen-bond donors (Lipinski definition) is 1. The van der Waals surface area contributed by atoms with Gasteiger partial charge in [0.25, 0.3) is 5.91 Å². The van der Waals surface area contributed by atoms with E-state index in [1.54, 1.807) is 11.8 Å². The Hall–Kier alpha value is -0.960. The van der Waals surface area contributed by atoms with Crippen molar-refractivity contribution in [3.63, 3.8) is 0 Å². The minimum Gasteiger partial charge on any atom is -0.352 e. The highest BCUT2D eigenvalue weighted by molar-refractivity contribution is 7.99. The number of carbonyl (C=O) groups is 1. The summed E-state index contributed by atoms with van der Waals surface area (Å²) in [5.41, 5.74) is 0.805. The Morgan fingerprint density at radius 1 is 1.17 bits per heavy atom. The third-order valence-corrected chi connectivity index (χ3v) is 3.70. The molecule has 1 aromatic carbocycles. The second kappa shape index (κ2) is 9.03. The number of benzene rings is 1. The van der Waals surface area contributed by atoms with Crippen molar-refractivity contribution < 1.29 is 4.79 Å². The molecule has 1 N–H and O–H groups in total. The quantitative estimate of drug-likeness (QED) is 0.566. The summed E-state index contributed by atoms with van der Waals surface area (Å²) < 4.78 is 0. The van der Waals surface area contributed by atoms with Gasteiger partial charge in [0.1, 0.15) is 0 Å². The van der Waals surface area contributed by atoms with Gasteiger partial charge in [-0.2, -0.15) is 0 Å². The van der Waals surface area contributed by atoms with Gasteiger partial charge in [-0.3, -0.25) is 4.79 Å². The molecule has 0 unspecified atom stereocenters. The summed E-state index contributed by atoms with van der Waals surface area (Å²) in [6.07, 6.45) is 4.74. The molecule has 0 aromatic heterocycles. The van der Waals surface area contributed by atoms with Crippen molar-refractivity contribution >= 4 is 17.7 Å². The molecule has 0 aliphatic heterocycles. The standard InChI is InChI=1S/C15H23NOS/c1-3-5-6-9-12-16-15(17)13-10-7-8-11-14(13)18-4-2/h7-8,10-11H,3-6,9,12H2,1-2H3,(H,16,17). The first-order chi connectivity index (χ1) is 8.79. The molecular weight excluding hydrogens is 242 g/mol. The molecule has 0 saturated carbocycles. The SMILES string of the molecule is CCCCCCNC(=O)c1ccccc1SCC. The molecule has 0 radical (unpaired) electrons. The summed E-state index contributed by atoms with van der Waals surface area (Å²) in [6, 6.07) is 7.82. The smallest absolute Gasteiger partial charge is 0.252 e. The lowest BCUT2D eigenvalue weighted by Gasteiger charge is -2.09. The summed E-state index contributed by atoms with van der Waals surface area (Å²) in [5, 5.41) is 3.00. The number of unbranched alkanes of at least 4 members (excludes halogenated alkanes) is 3. The van der Waals surface area contributed by atoms with Gasteiger partial charge in [-0.15, -0.1) is 11.8 Å². The molecule has 2 nitrogen and oxygen atoms in total. The van der Waals surface area contributed by atoms with Gasteiger partial charge in [0.15, 0.2) is 0 Å². The van der Waals surface area contributed by atoms with Crippen LogP contribution in [0.5, 0.6) is 0 Å². The topological polar surface area (TPSA) is 29.1 Å². The average Bonchev–Trinajstić information content (AvgIpc) is 2.39. The van der Waals surface area contributed by atoms with Crippen LogP contribution in [0.4, 0.5) is 0 Å². The van der Waals surface area contributed by atoms with Crippen molar-refractivity contribution in [3.05, 3.63) is 29.8 Å². The Labute approximate surface area is 115 Å². The summed E-state index contributed by atoms with van der Waals surface area (Å²) >= 11 is 1.72. The molecule has 0 heterocycles. The summed E-state index contributed by atoms with van der Waals surface area (Å²) in [6.45, 7) is 5.07. The van der Waals surface area contributed by atoms with E-state index in [2.05, 4.69) is 19.2 Å². The minimum atomic E-state index is 0.0584. The van der Waals surface area contributed by atoms with Crippen molar-refractivity contribution in [3.8, 4) is 0 Å². The number of hydrogen-bond acceptors (Lipinski definition) is 2. The fraction of sp³-hybridized carbons (Fsp3) is 0.533. The molecule has 0 fully saturated rings. The van der Waals surface area contributed by atoms with Gasteiger partial charge in [0, 0.05) is 11.4 Å². The van der Waals surface area contributed by atoms with E-state index in [-0.39, 0.29) is 5.91 Å². The van der Waals surface area contributed by atoms with E-state index in [0.29, 0.717) is 0 Å². The van der Waals surface area contributed by atoms with Crippen LogP contribution in [0.15, 0.2) is 29.2 Å².